The number of aliphatic hydroxyl groups excluding tert-OH is 1. The van der Waals surface area contributed by atoms with Gasteiger partial charge in [0.05, 0.1) is 12.7 Å². The Kier molecular flexibility index (Phi) is 5.65. The van der Waals surface area contributed by atoms with Crippen molar-refractivity contribution in [2.45, 2.75) is 39.4 Å². The standard InChI is InChI=1S/C14H20O4/c1-4-13(15)11-6-8-12(9-7-11)18-10(3)14(16)17-5-2/h6-10,13,15H,4-5H2,1-3H3/t10?,13-/m0/s1. The highest BCUT2D eigenvalue weighted by atomic mass is 16.6. The number of esters is 1. The Morgan fingerprint density at radius 1 is 1.28 bits per heavy atom. The molecule has 0 aliphatic carbocycles. The van der Waals surface area contributed by atoms with Crippen LogP contribution >= 0.6 is 0 Å². The minimum Gasteiger partial charge on any atom is -0.479 e. The van der Waals surface area contributed by atoms with Gasteiger partial charge in [0.2, 0.25) is 0 Å². The summed E-state index contributed by atoms with van der Waals surface area (Å²) in [6.07, 6.45) is -0.423. The van der Waals surface area contributed by atoms with E-state index in [4.69, 9.17) is 9.47 Å². The molecule has 1 N–H and O–H groups in total. The van der Waals surface area contributed by atoms with E-state index in [1.54, 1.807) is 38.1 Å². The Labute approximate surface area is 108 Å². The molecule has 1 rings (SSSR count). The van der Waals surface area contributed by atoms with Gasteiger partial charge in [-0.1, -0.05) is 19.1 Å². The number of rotatable bonds is 6. The summed E-state index contributed by atoms with van der Waals surface area (Å²) in [5.41, 5.74) is 0.841. The fourth-order valence-electron chi connectivity index (χ4n) is 1.52. The van der Waals surface area contributed by atoms with E-state index in [0.717, 1.165) is 5.56 Å². The maximum atomic E-state index is 11.4. The largest absolute Gasteiger partial charge is 0.479 e. The van der Waals surface area contributed by atoms with E-state index < -0.39 is 12.2 Å². The minimum atomic E-state index is -0.633. The van der Waals surface area contributed by atoms with Crippen LogP contribution in [-0.2, 0) is 9.53 Å². The van der Waals surface area contributed by atoms with E-state index in [0.29, 0.717) is 18.8 Å². The van der Waals surface area contributed by atoms with Crippen LogP contribution in [0.2, 0.25) is 0 Å². The van der Waals surface area contributed by atoms with Gasteiger partial charge < -0.3 is 14.6 Å². The molecule has 0 heterocycles. The molecule has 1 unspecified atom stereocenters. The van der Waals surface area contributed by atoms with Gasteiger partial charge in [0, 0.05) is 0 Å². The summed E-state index contributed by atoms with van der Waals surface area (Å²) in [6.45, 7) is 5.66. The van der Waals surface area contributed by atoms with Crippen molar-refractivity contribution in [1.29, 1.82) is 0 Å². The first-order valence-electron chi connectivity index (χ1n) is 6.19. The van der Waals surface area contributed by atoms with Gasteiger partial charge in [-0.25, -0.2) is 4.79 Å². The molecule has 2 atom stereocenters. The lowest BCUT2D eigenvalue weighted by Crippen LogP contribution is -2.26. The number of aliphatic hydroxyl groups is 1. The predicted octanol–water partition coefficient (Wildman–Crippen LogP) is 2.46. The highest BCUT2D eigenvalue weighted by Crippen LogP contribution is 2.20. The van der Waals surface area contributed by atoms with Gasteiger partial charge in [0.25, 0.3) is 0 Å². The Balaban J connectivity index is 2.60. The van der Waals surface area contributed by atoms with E-state index in [9.17, 15) is 9.90 Å². The summed E-state index contributed by atoms with van der Waals surface area (Å²) >= 11 is 0. The number of hydrogen-bond donors (Lipinski definition) is 1. The quantitative estimate of drug-likeness (QED) is 0.790. The smallest absolute Gasteiger partial charge is 0.347 e. The van der Waals surface area contributed by atoms with Crippen LogP contribution in [0, 0.1) is 0 Å². The second-order valence-corrected chi connectivity index (χ2v) is 4.01. The molecule has 0 saturated heterocycles. The topological polar surface area (TPSA) is 55.8 Å². The number of carbonyl (C=O) groups is 1. The first kappa shape index (κ1) is 14.5. The molecule has 0 spiro atoms. The Morgan fingerprint density at radius 3 is 2.39 bits per heavy atom. The summed E-state index contributed by atoms with van der Waals surface area (Å²) in [6, 6.07) is 7.07. The lowest BCUT2D eigenvalue weighted by molar-refractivity contribution is -0.150. The van der Waals surface area contributed by atoms with E-state index in [1.165, 1.54) is 0 Å². The van der Waals surface area contributed by atoms with Crippen molar-refractivity contribution < 1.29 is 19.4 Å². The summed E-state index contributed by atoms with van der Waals surface area (Å²) < 4.78 is 10.3. The van der Waals surface area contributed by atoms with Crippen molar-refractivity contribution >= 4 is 5.97 Å². The first-order chi connectivity index (χ1) is 8.58. The molecule has 100 valence electrons. The van der Waals surface area contributed by atoms with Crippen molar-refractivity contribution in [3.05, 3.63) is 29.8 Å². The molecule has 0 fully saturated rings. The van der Waals surface area contributed by atoms with Crippen molar-refractivity contribution in [1.82, 2.24) is 0 Å². The maximum Gasteiger partial charge on any atom is 0.347 e. The second kappa shape index (κ2) is 7.01. The van der Waals surface area contributed by atoms with Gasteiger partial charge in [-0.15, -0.1) is 0 Å². The fourth-order valence-corrected chi connectivity index (χ4v) is 1.52. The molecule has 0 amide bonds. The van der Waals surface area contributed by atoms with Crippen LogP contribution in [0.5, 0.6) is 5.75 Å². The van der Waals surface area contributed by atoms with Crippen molar-refractivity contribution in [2.75, 3.05) is 6.61 Å². The Morgan fingerprint density at radius 2 is 1.89 bits per heavy atom. The summed E-state index contributed by atoms with van der Waals surface area (Å²) in [5.74, 6) is 0.206. The van der Waals surface area contributed by atoms with Crippen LogP contribution in [0.1, 0.15) is 38.9 Å². The second-order valence-electron chi connectivity index (χ2n) is 4.01. The van der Waals surface area contributed by atoms with Crippen molar-refractivity contribution in [3.63, 3.8) is 0 Å². The number of ether oxygens (including phenoxy) is 2. The average molecular weight is 252 g/mol. The fraction of sp³-hybridized carbons (Fsp3) is 0.500. The summed E-state index contributed by atoms with van der Waals surface area (Å²) in [5, 5.41) is 9.65. The van der Waals surface area contributed by atoms with Crippen molar-refractivity contribution in [3.8, 4) is 5.75 Å². The maximum absolute atomic E-state index is 11.4. The molecule has 0 saturated carbocycles. The third kappa shape index (κ3) is 4.04. The van der Waals surface area contributed by atoms with E-state index in [-0.39, 0.29) is 5.97 Å². The lowest BCUT2D eigenvalue weighted by atomic mass is 10.1. The van der Waals surface area contributed by atoms with Gasteiger partial charge >= 0.3 is 5.97 Å². The van der Waals surface area contributed by atoms with Crippen LogP contribution < -0.4 is 4.74 Å². The molecule has 1 aromatic rings. The van der Waals surface area contributed by atoms with Gasteiger partial charge in [0.15, 0.2) is 6.10 Å². The number of hydrogen-bond acceptors (Lipinski definition) is 4. The molecular formula is C14H20O4. The van der Waals surface area contributed by atoms with Gasteiger partial charge in [-0.2, -0.15) is 0 Å². The molecule has 0 aliphatic rings. The molecule has 4 nitrogen and oxygen atoms in total. The predicted molar refractivity (Wildman–Crippen MR) is 68.4 cm³/mol. The van der Waals surface area contributed by atoms with Crippen LogP contribution in [0.4, 0.5) is 0 Å². The highest BCUT2D eigenvalue weighted by Gasteiger charge is 2.15. The monoisotopic (exact) mass is 252 g/mol. The van der Waals surface area contributed by atoms with E-state index in [1.807, 2.05) is 6.92 Å². The Hall–Kier alpha value is -1.55. The van der Waals surface area contributed by atoms with Crippen LogP contribution in [0.3, 0.4) is 0 Å². The molecular weight excluding hydrogens is 232 g/mol. The normalized spacial score (nSPS) is 13.8. The molecule has 0 radical (unpaired) electrons. The van der Waals surface area contributed by atoms with Crippen LogP contribution in [0.25, 0.3) is 0 Å². The minimum absolute atomic E-state index is 0.341. The van der Waals surface area contributed by atoms with Crippen LogP contribution in [-0.4, -0.2) is 23.8 Å². The van der Waals surface area contributed by atoms with Crippen molar-refractivity contribution in [2.24, 2.45) is 0 Å². The van der Waals surface area contributed by atoms with E-state index in [2.05, 4.69) is 0 Å². The zero-order valence-corrected chi connectivity index (χ0v) is 11.1. The third-order valence-corrected chi connectivity index (χ3v) is 2.58. The summed E-state index contributed by atoms with van der Waals surface area (Å²) in [4.78, 5) is 11.4. The van der Waals surface area contributed by atoms with Crippen LogP contribution in [0.15, 0.2) is 24.3 Å². The highest BCUT2D eigenvalue weighted by molar-refractivity contribution is 5.74. The number of benzene rings is 1. The van der Waals surface area contributed by atoms with Gasteiger partial charge in [0.1, 0.15) is 5.75 Å². The molecule has 0 bridgehead atoms. The summed E-state index contributed by atoms with van der Waals surface area (Å²) in [7, 11) is 0. The zero-order chi connectivity index (χ0) is 13.5. The Bertz CT molecular complexity index is 372. The molecule has 1 aromatic carbocycles. The molecule has 0 aliphatic heterocycles. The molecule has 4 heteroatoms. The average Bonchev–Trinajstić information content (AvgIpc) is 2.39. The lowest BCUT2D eigenvalue weighted by Gasteiger charge is -2.14. The van der Waals surface area contributed by atoms with E-state index >= 15 is 0 Å². The zero-order valence-electron chi connectivity index (χ0n) is 11.1. The SMILES string of the molecule is CCOC(=O)C(C)Oc1ccc([C@@H](O)CC)cc1. The van der Waals surface area contributed by atoms with Gasteiger partial charge in [-0.05, 0) is 38.0 Å². The first-order valence-corrected chi connectivity index (χ1v) is 6.19. The third-order valence-electron chi connectivity index (χ3n) is 2.58. The van der Waals surface area contributed by atoms with Gasteiger partial charge in [-0.3, -0.25) is 0 Å². The number of carbonyl (C=O) groups excluding carboxylic acids is 1. The molecule has 0 aromatic heterocycles. The molecule has 18 heavy (non-hydrogen) atoms.